The maximum absolute atomic E-state index is 11.8. The molecule has 0 aliphatic carbocycles. The van der Waals surface area contributed by atoms with Gasteiger partial charge in [-0.05, 0) is 45.1 Å². The number of ether oxygens (including phenoxy) is 1. The summed E-state index contributed by atoms with van der Waals surface area (Å²) in [4.78, 5) is 11.8. The maximum atomic E-state index is 11.8. The summed E-state index contributed by atoms with van der Waals surface area (Å²) in [5.74, 6) is 0.545. The van der Waals surface area contributed by atoms with E-state index in [1.807, 2.05) is 6.92 Å². The molecule has 0 rings (SSSR count). The first-order valence-corrected chi connectivity index (χ1v) is 8.53. The zero-order valence-corrected chi connectivity index (χ0v) is 13.8. The van der Waals surface area contributed by atoms with Gasteiger partial charge in [0.05, 0.1) is 6.10 Å². The van der Waals surface area contributed by atoms with Crippen LogP contribution in [0.2, 0.25) is 0 Å². The molecule has 0 saturated carbocycles. The van der Waals surface area contributed by atoms with Gasteiger partial charge in [-0.1, -0.05) is 46.0 Å². The summed E-state index contributed by atoms with van der Waals surface area (Å²) in [6.07, 6.45) is 10.8. The largest absolute Gasteiger partial charge is 0.463 e. The molecule has 3 heteroatoms. The van der Waals surface area contributed by atoms with Crippen molar-refractivity contribution in [3.63, 3.8) is 0 Å². The van der Waals surface area contributed by atoms with E-state index in [0.29, 0.717) is 18.9 Å². The number of hydrogen-bond acceptors (Lipinski definition) is 3. The maximum Gasteiger partial charge on any atom is 0.306 e. The van der Waals surface area contributed by atoms with Crippen molar-refractivity contribution in [1.82, 2.24) is 0 Å². The van der Waals surface area contributed by atoms with Gasteiger partial charge in [-0.3, -0.25) is 4.79 Å². The smallest absolute Gasteiger partial charge is 0.306 e. The number of hydrogen-bond donors (Lipinski definition) is 1. The second-order valence-electron chi connectivity index (χ2n) is 5.92. The molecule has 2 N–H and O–H groups in total. The number of nitrogens with two attached hydrogens (primary N) is 1. The Morgan fingerprint density at radius 1 is 1.00 bits per heavy atom. The molecule has 0 radical (unpaired) electrons. The first kappa shape index (κ1) is 19.4. The second kappa shape index (κ2) is 13.4. The average Bonchev–Trinajstić information content (AvgIpc) is 2.41. The Balaban J connectivity index is 3.73. The lowest BCUT2D eigenvalue weighted by molar-refractivity contribution is -0.148. The molecule has 0 aliphatic heterocycles. The fourth-order valence-electron chi connectivity index (χ4n) is 2.60. The van der Waals surface area contributed by atoms with Gasteiger partial charge in [-0.25, -0.2) is 0 Å². The molecule has 3 nitrogen and oxygen atoms in total. The van der Waals surface area contributed by atoms with Crippen molar-refractivity contribution in [2.45, 2.75) is 91.1 Å². The van der Waals surface area contributed by atoms with Crippen LogP contribution in [-0.2, 0) is 9.53 Å². The summed E-state index contributed by atoms with van der Waals surface area (Å²) < 4.78 is 5.47. The molecule has 0 bridgehead atoms. The normalized spacial score (nSPS) is 14.0. The highest BCUT2D eigenvalue weighted by Crippen LogP contribution is 2.18. The van der Waals surface area contributed by atoms with Crippen molar-refractivity contribution in [1.29, 1.82) is 0 Å². The Morgan fingerprint density at radius 3 is 2.35 bits per heavy atom. The topological polar surface area (TPSA) is 52.3 Å². The molecule has 0 saturated heterocycles. The lowest BCUT2D eigenvalue weighted by Gasteiger charge is -2.16. The van der Waals surface area contributed by atoms with Gasteiger partial charge in [-0.15, -0.1) is 0 Å². The molecule has 0 aromatic carbocycles. The summed E-state index contributed by atoms with van der Waals surface area (Å²) >= 11 is 0. The van der Waals surface area contributed by atoms with Crippen LogP contribution in [0.1, 0.15) is 85.0 Å². The number of rotatable bonds is 13. The van der Waals surface area contributed by atoms with E-state index in [1.165, 1.54) is 19.3 Å². The molecule has 20 heavy (non-hydrogen) atoms. The summed E-state index contributed by atoms with van der Waals surface area (Å²) in [5.41, 5.74) is 5.61. The number of esters is 1. The Morgan fingerprint density at radius 2 is 1.75 bits per heavy atom. The molecule has 120 valence electrons. The molecule has 0 fully saturated rings. The van der Waals surface area contributed by atoms with Crippen LogP contribution in [0.3, 0.4) is 0 Å². The average molecular weight is 285 g/mol. The molecule has 0 spiro atoms. The van der Waals surface area contributed by atoms with Gasteiger partial charge in [0.1, 0.15) is 0 Å². The summed E-state index contributed by atoms with van der Waals surface area (Å²) in [6.45, 7) is 7.11. The van der Waals surface area contributed by atoms with Gasteiger partial charge >= 0.3 is 5.97 Å². The third-order valence-electron chi connectivity index (χ3n) is 3.83. The van der Waals surface area contributed by atoms with Gasteiger partial charge in [0.15, 0.2) is 0 Å². The minimum absolute atomic E-state index is 0.0360. The standard InChI is InChI=1S/C17H35NO2/c1-4-6-7-8-10-15(3)20-17(19)12-11-16(9-5-2)13-14-18/h15-16H,4-14,18H2,1-3H3. The fraction of sp³-hybridized carbons (Fsp3) is 0.941. The number of carbonyl (C=O) groups excluding carboxylic acids is 1. The highest BCUT2D eigenvalue weighted by Gasteiger charge is 2.13. The van der Waals surface area contributed by atoms with Crippen LogP contribution < -0.4 is 5.73 Å². The summed E-state index contributed by atoms with van der Waals surface area (Å²) in [7, 11) is 0. The van der Waals surface area contributed by atoms with Crippen LogP contribution >= 0.6 is 0 Å². The Hall–Kier alpha value is -0.570. The van der Waals surface area contributed by atoms with Gasteiger partial charge in [0.2, 0.25) is 0 Å². The van der Waals surface area contributed by atoms with E-state index in [9.17, 15) is 4.79 Å². The van der Waals surface area contributed by atoms with Crippen molar-refractivity contribution < 1.29 is 9.53 Å². The minimum atomic E-state index is -0.0360. The van der Waals surface area contributed by atoms with Crippen molar-refractivity contribution in [3.8, 4) is 0 Å². The first-order valence-electron chi connectivity index (χ1n) is 8.53. The van der Waals surface area contributed by atoms with Gasteiger partial charge < -0.3 is 10.5 Å². The highest BCUT2D eigenvalue weighted by molar-refractivity contribution is 5.69. The van der Waals surface area contributed by atoms with Crippen molar-refractivity contribution in [3.05, 3.63) is 0 Å². The van der Waals surface area contributed by atoms with E-state index < -0.39 is 0 Å². The number of unbranched alkanes of at least 4 members (excludes halogenated alkanes) is 3. The predicted octanol–water partition coefficient (Wildman–Crippen LogP) is 4.43. The van der Waals surface area contributed by atoms with E-state index in [-0.39, 0.29) is 12.1 Å². The highest BCUT2D eigenvalue weighted by atomic mass is 16.5. The van der Waals surface area contributed by atoms with Crippen LogP contribution in [0, 0.1) is 5.92 Å². The van der Waals surface area contributed by atoms with E-state index in [0.717, 1.165) is 38.5 Å². The van der Waals surface area contributed by atoms with E-state index in [4.69, 9.17) is 10.5 Å². The third kappa shape index (κ3) is 11.3. The van der Waals surface area contributed by atoms with Crippen molar-refractivity contribution in [2.24, 2.45) is 11.7 Å². The second-order valence-corrected chi connectivity index (χ2v) is 5.92. The van der Waals surface area contributed by atoms with Crippen molar-refractivity contribution >= 4 is 5.97 Å². The van der Waals surface area contributed by atoms with Crippen LogP contribution in [0.25, 0.3) is 0 Å². The zero-order chi connectivity index (χ0) is 15.2. The van der Waals surface area contributed by atoms with E-state index in [1.54, 1.807) is 0 Å². The van der Waals surface area contributed by atoms with Crippen LogP contribution in [0.15, 0.2) is 0 Å². The molecule has 0 aromatic rings. The van der Waals surface area contributed by atoms with E-state index >= 15 is 0 Å². The van der Waals surface area contributed by atoms with Crippen molar-refractivity contribution in [2.75, 3.05) is 6.54 Å². The van der Waals surface area contributed by atoms with Crippen LogP contribution in [0.5, 0.6) is 0 Å². The molecular weight excluding hydrogens is 250 g/mol. The van der Waals surface area contributed by atoms with E-state index in [2.05, 4.69) is 13.8 Å². The monoisotopic (exact) mass is 285 g/mol. The molecule has 2 unspecified atom stereocenters. The predicted molar refractivity (Wildman–Crippen MR) is 85.6 cm³/mol. The summed E-state index contributed by atoms with van der Waals surface area (Å²) in [6, 6.07) is 0. The molecule has 0 heterocycles. The van der Waals surface area contributed by atoms with Gasteiger partial charge in [0.25, 0.3) is 0 Å². The Labute approximate surface area is 125 Å². The molecule has 0 aliphatic rings. The zero-order valence-electron chi connectivity index (χ0n) is 13.8. The lowest BCUT2D eigenvalue weighted by Crippen LogP contribution is -2.16. The van der Waals surface area contributed by atoms with Gasteiger partial charge in [0, 0.05) is 6.42 Å². The molecule has 0 aromatic heterocycles. The van der Waals surface area contributed by atoms with Crippen LogP contribution in [-0.4, -0.2) is 18.6 Å². The Bertz CT molecular complexity index is 225. The molecule has 2 atom stereocenters. The van der Waals surface area contributed by atoms with Gasteiger partial charge in [-0.2, -0.15) is 0 Å². The summed E-state index contributed by atoms with van der Waals surface area (Å²) in [5, 5.41) is 0. The quantitative estimate of drug-likeness (QED) is 0.402. The van der Waals surface area contributed by atoms with Crippen LogP contribution in [0.4, 0.5) is 0 Å². The lowest BCUT2D eigenvalue weighted by atomic mass is 9.94. The minimum Gasteiger partial charge on any atom is -0.463 e. The number of carbonyl (C=O) groups is 1. The first-order chi connectivity index (χ1) is 9.63. The molecule has 0 amide bonds. The molecular formula is C17H35NO2. The third-order valence-corrected chi connectivity index (χ3v) is 3.83. The fourth-order valence-corrected chi connectivity index (χ4v) is 2.60. The Kier molecular flexibility index (Phi) is 13.0. The SMILES string of the molecule is CCCCCCC(C)OC(=O)CCC(CCC)CCN.